The molecule has 1 aliphatic rings. The fraction of sp³-hybridized carbons (Fsp3) is 0.625. The largest absolute Gasteiger partial charge is 0.368 e. The van der Waals surface area contributed by atoms with E-state index in [1.165, 1.54) is 17.7 Å². The van der Waals surface area contributed by atoms with Crippen molar-refractivity contribution < 1.29 is 0 Å². The van der Waals surface area contributed by atoms with Gasteiger partial charge in [0.25, 0.3) is 0 Å². The van der Waals surface area contributed by atoms with Gasteiger partial charge in [-0.05, 0) is 38.1 Å². The third kappa shape index (κ3) is 3.66. The van der Waals surface area contributed by atoms with Gasteiger partial charge in [-0.1, -0.05) is 24.6 Å². The average Bonchev–Trinajstić information content (AvgIpc) is 2.47. The van der Waals surface area contributed by atoms with Crippen LogP contribution in [0.15, 0.2) is 18.2 Å². The zero-order chi connectivity index (χ0) is 14.5. The first kappa shape index (κ1) is 15.6. The molecule has 0 bridgehead atoms. The van der Waals surface area contributed by atoms with Crippen LogP contribution in [0.25, 0.3) is 0 Å². The van der Waals surface area contributed by atoms with E-state index in [0.29, 0.717) is 6.04 Å². The summed E-state index contributed by atoms with van der Waals surface area (Å²) in [5.74, 6) is 0. The molecule has 0 aromatic heterocycles. The summed E-state index contributed by atoms with van der Waals surface area (Å²) >= 11 is 6.44. The van der Waals surface area contributed by atoms with Gasteiger partial charge in [0.2, 0.25) is 0 Å². The predicted molar refractivity (Wildman–Crippen MR) is 87.8 cm³/mol. The van der Waals surface area contributed by atoms with E-state index in [0.717, 1.165) is 37.7 Å². The Balaban J connectivity index is 2.00. The van der Waals surface area contributed by atoms with Crippen molar-refractivity contribution in [2.75, 3.05) is 38.1 Å². The molecule has 20 heavy (non-hydrogen) atoms. The van der Waals surface area contributed by atoms with E-state index < -0.39 is 0 Å². The van der Waals surface area contributed by atoms with Gasteiger partial charge in [-0.25, -0.2) is 0 Å². The molecule has 1 N–H and O–H groups in total. The minimum absolute atomic E-state index is 0.686. The Hall–Kier alpha value is -0.770. The summed E-state index contributed by atoms with van der Waals surface area (Å²) in [6, 6.07) is 7.09. The van der Waals surface area contributed by atoms with Crippen molar-refractivity contribution in [1.82, 2.24) is 10.2 Å². The van der Waals surface area contributed by atoms with Crippen LogP contribution in [-0.4, -0.2) is 44.2 Å². The van der Waals surface area contributed by atoms with Gasteiger partial charge in [0.05, 0.1) is 10.7 Å². The van der Waals surface area contributed by atoms with Crippen LogP contribution in [0.1, 0.15) is 25.8 Å². The first-order valence-electron chi connectivity index (χ1n) is 7.57. The van der Waals surface area contributed by atoms with Crippen LogP contribution in [0.4, 0.5) is 5.69 Å². The zero-order valence-corrected chi connectivity index (χ0v) is 13.6. The Bertz CT molecular complexity index is 428. The lowest BCUT2D eigenvalue weighted by atomic mass is 10.1. The monoisotopic (exact) mass is 295 g/mol. The van der Waals surface area contributed by atoms with Gasteiger partial charge in [-0.3, -0.25) is 4.90 Å². The van der Waals surface area contributed by atoms with E-state index in [-0.39, 0.29) is 0 Å². The molecule has 112 valence electrons. The fourth-order valence-electron chi connectivity index (χ4n) is 2.78. The number of hydrogen-bond donors (Lipinski definition) is 1. The van der Waals surface area contributed by atoms with Crippen LogP contribution in [0, 0.1) is 0 Å². The van der Waals surface area contributed by atoms with E-state index in [4.69, 9.17) is 11.6 Å². The first-order valence-corrected chi connectivity index (χ1v) is 7.95. The second-order valence-corrected chi connectivity index (χ2v) is 6.00. The molecule has 3 nitrogen and oxygen atoms in total. The van der Waals surface area contributed by atoms with Gasteiger partial charge < -0.3 is 10.2 Å². The molecule has 1 unspecified atom stereocenters. The third-order valence-corrected chi connectivity index (χ3v) is 4.56. The van der Waals surface area contributed by atoms with E-state index in [2.05, 4.69) is 47.2 Å². The molecular weight excluding hydrogens is 270 g/mol. The van der Waals surface area contributed by atoms with E-state index in [9.17, 15) is 0 Å². The van der Waals surface area contributed by atoms with Crippen LogP contribution in [0.3, 0.4) is 0 Å². The highest BCUT2D eigenvalue weighted by Gasteiger charge is 2.21. The summed E-state index contributed by atoms with van der Waals surface area (Å²) < 4.78 is 0. The van der Waals surface area contributed by atoms with Gasteiger partial charge >= 0.3 is 0 Å². The second kappa shape index (κ2) is 7.30. The molecule has 0 saturated carbocycles. The maximum absolute atomic E-state index is 6.44. The molecule has 1 aliphatic heterocycles. The summed E-state index contributed by atoms with van der Waals surface area (Å²) in [6.45, 7) is 9.82. The first-order chi connectivity index (χ1) is 9.65. The average molecular weight is 296 g/mol. The molecule has 0 amide bonds. The van der Waals surface area contributed by atoms with Crippen molar-refractivity contribution in [2.24, 2.45) is 0 Å². The van der Waals surface area contributed by atoms with Crippen LogP contribution < -0.4 is 10.2 Å². The summed E-state index contributed by atoms with van der Waals surface area (Å²) in [6.07, 6.45) is 1.22. The molecule has 1 aromatic carbocycles. The fourth-order valence-corrected chi connectivity index (χ4v) is 3.11. The summed E-state index contributed by atoms with van der Waals surface area (Å²) in [5.41, 5.74) is 2.41. The van der Waals surface area contributed by atoms with Crippen LogP contribution in [0.5, 0.6) is 0 Å². The molecule has 1 aromatic rings. The van der Waals surface area contributed by atoms with Crippen molar-refractivity contribution in [3.8, 4) is 0 Å². The Kier molecular flexibility index (Phi) is 5.70. The van der Waals surface area contributed by atoms with Crippen molar-refractivity contribution in [2.45, 2.75) is 32.9 Å². The molecule has 1 fully saturated rings. The standard InChI is InChI=1S/C16H26ClN3/c1-4-13(2)19-7-9-20(10-8-19)16-6-5-14(12-18-3)11-15(16)17/h5-6,11,13,18H,4,7-10,12H2,1-3H3. The zero-order valence-electron chi connectivity index (χ0n) is 12.8. The minimum atomic E-state index is 0.686. The van der Waals surface area contributed by atoms with Crippen LogP contribution >= 0.6 is 11.6 Å². The third-order valence-electron chi connectivity index (χ3n) is 4.26. The quantitative estimate of drug-likeness (QED) is 0.901. The Morgan fingerprint density at radius 1 is 1.25 bits per heavy atom. The highest BCUT2D eigenvalue weighted by atomic mass is 35.5. The molecule has 0 spiro atoms. The van der Waals surface area contributed by atoms with E-state index >= 15 is 0 Å². The summed E-state index contributed by atoms with van der Waals surface area (Å²) in [5, 5.41) is 4.03. The molecule has 2 rings (SSSR count). The van der Waals surface area contributed by atoms with E-state index in [1.807, 2.05) is 7.05 Å². The summed E-state index contributed by atoms with van der Waals surface area (Å²) in [4.78, 5) is 4.98. The second-order valence-electron chi connectivity index (χ2n) is 5.60. The van der Waals surface area contributed by atoms with Crippen LogP contribution in [-0.2, 0) is 6.54 Å². The van der Waals surface area contributed by atoms with Gasteiger partial charge in [-0.15, -0.1) is 0 Å². The topological polar surface area (TPSA) is 18.5 Å². The molecule has 1 heterocycles. The van der Waals surface area contributed by atoms with Gasteiger partial charge in [-0.2, -0.15) is 0 Å². The maximum atomic E-state index is 6.44. The Labute approximate surface area is 127 Å². The smallest absolute Gasteiger partial charge is 0.0642 e. The van der Waals surface area contributed by atoms with Gasteiger partial charge in [0, 0.05) is 38.8 Å². The SMILES string of the molecule is CCC(C)N1CCN(c2ccc(CNC)cc2Cl)CC1. The lowest BCUT2D eigenvalue weighted by Crippen LogP contribution is -2.49. The lowest BCUT2D eigenvalue weighted by Gasteiger charge is -2.39. The van der Waals surface area contributed by atoms with E-state index in [1.54, 1.807) is 0 Å². The number of nitrogens with zero attached hydrogens (tertiary/aromatic N) is 2. The minimum Gasteiger partial charge on any atom is -0.368 e. The molecule has 1 saturated heterocycles. The van der Waals surface area contributed by atoms with Crippen molar-refractivity contribution in [1.29, 1.82) is 0 Å². The van der Waals surface area contributed by atoms with Crippen molar-refractivity contribution in [3.05, 3.63) is 28.8 Å². The predicted octanol–water partition coefficient (Wildman–Crippen LogP) is 2.98. The van der Waals surface area contributed by atoms with Crippen LogP contribution in [0.2, 0.25) is 5.02 Å². The van der Waals surface area contributed by atoms with Crippen molar-refractivity contribution in [3.63, 3.8) is 0 Å². The van der Waals surface area contributed by atoms with Crippen molar-refractivity contribution >= 4 is 17.3 Å². The maximum Gasteiger partial charge on any atom is 0.0642 e. The number of rotatable bonds is 5. The summed E-state index contributed by atoms with van der Waals surface area (Å²) in [7, 11) is 1.95. The Morgan fingerprint density at radius 3 is 2.50 bits per heavy atom. The number of anilines is 1. The van der Waals surface area contributed by atoms with Gasteiger partial charge in [0.15, 0.2) is 0 Å². The number of hydrogen-bond acceptors (Lipinski definition) is 3. The van der Waals surface area contributed by atoms with Gasteiger partial charge in [0.1, 0.15) is 0 Å². The number of halogens is 1. The normalized spacial score (nSPS) is 18.3. The number of nitrogens with one attached hydrogen (secondary N) is 1. The highest BCUT2D eigenvalue weighted by molar-refractivity contribution is 6.33. The number of piperazine rings is 1. The number of benzene rings is 1. The molecule has 0 aliphatic carbocycles. The lowest BCUT2D eigenvalue weighted by molar-refractivity contribution is 0.193. The molecular formula is C16H26ClN3. The molecule has 4 heteroatoms. The highest BCUT2D eigenvalue weighted by Crippen LogP contribution is 2.28. The Morgan fingerprint density at radius 2 is 1.95 bits per heavy atom. The molecule has 0 radical (unpaired) electrons. The molecule has 1 atom stereocenters.